The predicted octanol–water partition coefficient (Wildman–Crippen LogP) is 2.32. The lowest BCUT2D eigenvalue weighted by molar-refractivity contribution is 0.0950. The number of amides is 1. The maximum Gasteiger partial charge on any atom is 0.251 e. The molecule has 0 spiro atoms. The summed E-state index contributed by atoms with van der Waals surface area (Å²) in [6.45, 7) is 7.32. The van der Waals surface area contributed by atoms with Gasteiger partial charge in [-0.15, -0.1) is 0 Å². The third-order valence-electron chi connectivity index (χ3n) is 5.61. The summed E-state index contributed by atoms with van der Waals surface area (Å²) in [6.07, 6.45) is 5.21. The lowest BCUT2D eigenvalue weighted by atomic mass is 9.99. The van der Waals surface area contributed by atoms with Crippen LogP contribution < -0.4 is 5.32 Å². The fourth-order valence-electron chi connectivity index (χ4n) is 3.77. The fourth-order valence-corrected chi connectivity index (χ4v) is 5.33. The van der Waals surface area contributed by atoms with Crippen LogP contribution in [0, 0.1) is 5.92 Å². The minimum Gasteiger partial charge on any atom is -0.352 e. The SMILES string of the molecule is CC1CCN(CCCNC(=O)c2cccc(S(=O)(=O)N3CCCC3)c2)CC1. The van der Waals surface area contributed by atoms with Crippen LogP contribution in [0.3, 0.4) is 0 Å². The fraction of sp³-hybridized carbons (Fsp3) is 0.650. The quantitative estimate of drug-likeness (QED) is 0.722. The number of carbonyl (C=O) groups is 1. The second-order valence-electron chi connectivity index (χ2n) is 7.77. The van der Waals surface area contributed by atoms with E-state index in [1.54, 1.807) is 18.2 Å². The van der Waals surface area contributed by atoms with Crippen LogP contribution in [0.1, 0.15) is 49.4 Å². The van der Waals surface area contributed by atoms with Crippen molar-refractivity contribution in [3.8, 4) is 0 Å². The van der Waals surface area contributed by atoms with E-state index < -0.39 is 10.0 Å². The standard InChI is InChI=1S/C20H31N3O3S/c1-17-8-14-22(15-9-17)11-5-10-21-20(24)18-6-4-7-19(16-18)27(25,26)23-12-2-3-13-23/h4,6-7,16-17H,2-3,5,8-15H2,1H3,(H,21,24). The first-order valence-corrected chi connectivity index (χ1v) is 11.5. The molecule has 2 heterocycles. The summed E-state index contributed by atoms with van der Waals surface area (Å²) in [6, 6.07) is 6.38. The Labute approximate surface area is 163 Å². The number of sulfonamides is 1. The smallest absolute Gasteiger partial charge is 0.251 e. The summed E-state index contributed by atoms with van der Waals surface area (Å²) in [4.78, 5) is 15.1. The minimum absolute atomic E-state index is 0.208. The second kappa shape index (κ2) is 9.17. The maximum absolute atomic E-state index is 12.7. The second-order valence-corrected chi connectivity index (χ2v) is 9.71. The molecular formula is C20H31N3O3S. The number of piperidine rings is 1. The van der Waals surface area contributed by atoms with Gasteiger partial charge in [-0.1, -0.05) is 13.0 Å². The van der Waals surface area contributed by atoms with E-state index in [1.165, 1.54) is 23.2 Å². The van der Waals surface area contributed by atoms with E-state index in [1.807, 2.05) is 0 Å². The van der Waals surface area contributed by atoms with E-state index in [4.69, 9.17) is 0 Å². The van der Waals surface area contributed by atoms with Crippen LogP contribution in [0.4, 0.5) is 0 Å². The largest absolute Gasteiger partial charge is 0.352 e. The van der Waals surface area contributed by atoms with Crippen molar-refractivity contribution in [2.45, 2.75) is 43.9 Å². The number of likely N-dealkylation sites (tertiary alicyclic amines) is 1. The Hall–Kier alpha value is -1.44. The molecule has 0 saturated carbocycles. The normalized spacial score (nSPS) is 20.0. The van der Waals surface area contributed by atoms with E-state index >= 15 is 0 Å². The van der Waals surface area contributed by atoms with Crippen LogP contribution >= 0.6 is 0 Å². The third-order valence-corrected chi connectivity index (χ3v) is 7.51. The molecule has 2 saturated heterocycles. The highest BCUT2D eigenvalue weighted by Gasteiger charge is 2.27. The Bertz CT molecular complexity index is 737. The molecule has 1 aromatic carbocycles. The Kier molecular flexibility index (Phi) is 6.89. The number of rotatable bonds is 7. The van der Waals surface area contributed by atoms with Crippen molar-refractivity contribution in [3.05, 3.63) is 29.8 Å². The lowest BCUT2D eigenvalue weighted by Crippen LogP contribution is -2.35. The molecule has 7 heteroatoms. The number of nitrogens with zero attached hydrogens (tertiary/aromatic N) is 2. The van der Waals surface area contributed by atoms with Crippen molar-refractivity contribution in [2.75, 3.05) is 39.3 Å². The first kappa shape index (κ1) is 20.3. The molecule has 6 nitrogen and oxygen atoms in total. The van der Waals surface area contributed by atoms with Gasteiger partial charge in [0, 0.05) is 25.2 Å². The molecule has 2 aliphatic rings. The zero-order valence-corrected chi connectivity index (χ0v) is 17.0. The number of nitrogens with one attached hydrogen (secondary N) is 1. The number of hydrogen-bond donors (Lipinski definition) is 1. The molecule has 0 bridgehead atoms. The molecule has 1 N–H and O–H groups in total. The highest BCUT2D eigenvalue weighted by molar-refractivity contribution is 7.89. The van der Waals surface area contributed by atoms with Gasteiger partial charge in [0.1, 0.15) is 0 Å². The summed E-state index contributed by atoms with van der Waals surface area (Å²) < 4.78 is 26.8. The van der Waals surface area contributed by atoms with Gasteiger partial charge < -0.3 is 10.2 Å². The Morgan fingerprint density at radius 2 is 1.85 bits per heavy atom. The average Bonchev–Trinajstić information content (AvgIpc) is 3.22. The molecule has 150 valence electrons. The van der Waals surface area contributed by atoms with Crippen LogP contribution in [0.5, 0.6) is 0 Å². The van der Waals surface area contributed by atoms with Gasteiger partial charge in [0.05, 0.1) is 4.90 Å². The summed E-state index contributed by atoms with van der Waals surface area (Å²) in [5.41, 5.74) is 0.405. The molecule has 1 aromatic rings. The summed E-state index contributed by atoms with van der Waals surface area (Å²) in [5.74, 6) is 0.616. The van der Waals surface area contributed by atoms with E-state index in [2.05, 4.69) is 17.1 Å². The lowest BCUT2D eigenvalue weighted by Gasteiger charge is -2.30. The number of carbonyl (C=O) groups excluding carboxylic acids is 1. The van der Waals surface area contributed by atoms with Crippen molar-refractivity contribution in [2.24, 2.45) is 5.92 Å². The van der Waals surface area contributed by atoms with Gasteiger partial charge >= 0.3 is 0 Å². The van der Waals surface area contributed by atoms with E-state index in [0.29, 0.717) is 25.2 Å². The first-order chi connectivity index (χ1) is 13.0. The number of hydrogen-bond acceptors (Lipinski definition) is 4. The molecular weight excluding hydrogens is 362 g/mol. The van der Waals surface area contributed by atoms with Gasteiger partial charge in [0.15, 0.2) is 0 Å². The van der Waals surface area contributed by atoms with Crippen molar-refractivity contribution in [3.63, 3.8) is 0 Å². The predicted molar refractivity (Wildman–Crippen MR) is 106 cm³/mol. The zero-order valence-electron chi connectivity index (χ0n) is 16.2. The molecule has 2 fully saturated rings. The Balaban J connectivity index is 1.50. The maximum atomic E-state index is 12.7. The van der Waals surface area contributed by atoms with Crippen LogP contribution in [-0.4, -0.2) is 62.8 Å². The van der Waals surface area contributed by atoms with Crippen LogP contribution in [0.25, 0.3) is 0 Å². The summed E-state index contributed by atoms with van der Waals surface area (Å²) >= 11 is 0. The van der Waals surface area contributed by atoms with Crippen molar-refractivity contribution in [1.82, 2.24) is 14.5 Å². The monoisotopic (exact) mass is 393 g/mol. The van der Waals surface area contributed by atoms with Gasteiger partial charge in [0.25, 0.3) is 5.91 Å². The van der Waals surface area contributed by atoms with Crippen molar-refractivity contribution in [1.29, 1.82) is 0 Å². The Morgan fingerprint density at radius 3 is 2.56 bits per heavy atom. The summed E-state index contributed by atoms with van der Waals surface area (Å²) in [7, 11) is -3.49. The van der Waals surface area contributed by atoms with E-state index in [0.717, 1.165) is 44.8 Å². The molecule has 27 heavy (non-hydrogen) atoms. The molecule has 0 aromatic heterocycles. The summed E-state index contributed by atoms with van der Waals surface area (Å²) in [5, 5.41) is 2.92. The average molecular weight is 394 g/mol. The molecule has 2 aliphatic heterocycles. The Morgan fingerprint density at radius 1 is 1.15 bits per heavy atom. The van der Waals surface area contributed by atoms with Crippen LogP contribution in [-0.2, 0) is 10.0 Å². The minimum atomic E-state index is -3.49. The van der Waals surface area contributed by atoms with E-state index in [-0.39, 0.29) is 10.8 Å². The van der Waals surface area contributed by atoms with E-state index in [9.17, 15) is 13.2 Å². The van der Waals surface area contributed by atoms with Gasteiger partial charge in [-0.05, 0) is 75.9 Å². The molecule has 0 radical (unpaired) electrons. The highest BCUT2D eigenvalue weighted by atomic mass is 32.2. The number of benzene rings is 1. The molecule has 3 rings (SSSR count). The van der Waals surface area contributed by atoms with Crippen LogP contribution in [0.2, 0.25) is 0 Å². The molecule has 0 aliphatic carbocycles. The van der Waals surface area contributed by atoms with Gasteiger partial charge in [-0.3, -0.25) is 4.79 Å². The zero-order chi connectivity index (χ0) is 19.3. The first-order valence-electron chi connectivity index (χ1n) is 10.1. The molecule has 0 unspecified atom stereocenters. The van der Waals surface area contributed by atoms with Crippen molar-refractivity contribution >= 4 is 15.9 Å². The third kappa shape index (κ3) is 5.30. The van der Waals surface area contributed by atoms with Crippen LogP contribution in [0.15, 0.2) is 29.2 Å². The highest BCUT2D eigenvalue weighted by Crippen LogP contribution is 2.21. The molecule has 1 amide bonds. The van der Waals surface area contributed by atoms with Crippen molar-refractivity contribution < 1.29 is 13.2 Å². The van der Waals surface area contributed by atoms with Gasteiger partial charge in [0.2, 0.25) is 10.0 Å². The topological polar surface area (TPSA) is 69.7 Å². The van der Waals surface area contributed by atoms with Gasteiger partial charge in [-0.25, -0.2) is 8.42 Å². The molecule has 0 atom stereocenters. The van der Waals surface area contributed by atoms with Gasteiger partial charge in [-0.2, -0.15) is 4.31 Å².